The van der Waals surface area contributed by atoms with Crippen LogP contribution in [0.3, 0.4) is 0 Å². The van der Waals surface area contributed by atoms with E-state index in [0.717, 1.165) is 5.06 Å². The molecule has 0 atom stereocenters. The van der Waals surface area contributed by atoms with Crippen molar-refractivity contribution in [2.75, 3.05) is 40.5 Å². The van der Waals surface area contributed by atoms with Crippen LogP contribution in [0.1, 0.15) is 21.1 Å². The Morgan fingerprint density at radius 2 is 1.89 bits per heavy atom. The van der Waals surface area contributed by atoms with Crippen molar-refractivity contribution in [2.24, 2.45) is 0 Å². The maximum atomic E-state index is 12.1. The number of hydrogen-bond acceptors (Lipinski definition) is 5. The van der Waals surface area contributed by atoms with E-state index in [4.69, 9.17) is 14.0 Å². The van der Waals surface area contributed by atoms with E-state index in [1.54, 1.807) is 4.90 Å². The van der Waals surface area contributed by atoms with Crippen molar-refractivity contribution in [1.29, 1.82) is 0 Å². The van der Waals surface area contributed by atoms with Gasteiger partial charge in [-0.3, -0.25) is 14.4 Å². The predicted molar refractivity (Wildman–Crippen MR) is 64.5 cm³/mol. The molecule has 2 rings (SSSR count). The second-order valence-electron chi connectivity index (χ2n) is 4.05. The molecule has 7 heteroatoms. The van der Waals surface area contributed by atoms with E-state index in [2.05, 4.69) is 0 Å². The number of carbonyl (C=O) groups is 2. The van der Waals surface area contributed by atoms with E-state index in [-0.39, 0.29) is 17.4 Å². The topological polar surface area (TPSA) is 72.2 Å². The third-order valence-corrected chi connectivity index (χ3v) is 2.89. The number of morpholine rings is 1. The zero-order chi connectivity index (χ0) is 13.8. The number of hydrogen-bond donors (Lipinski definition) is 0. The number of amides is 2. The Bertz CT molecular complexity index is 464. The Labute approximate surface area is 110 Å². The standard InChI is InChI=1S/C12H16N2O5/c1-13(17-2)11(15)9-3-4-10(19-9)12(16)14-5-7-18-8-6-14/h3-4H,5-8H2,1-2H3. The van der Waals surface area contributed by atoms with Gasteiger partial charge >= 0.3 is 5.91 Å². The Morgan fingerprint density at radius 3 is 2.53 bits per heavy atom. The monoisotopic (exact) mass is 268 g/mol. The maximum absolute atomic E-state index is 12.1. The van der Waals surface area contributed by atoms with E-state index in [1.165, 1.54) is 26.3 Å². The maximum Gasteiger partial charge on any atom is 0.312 e. The Balaban J connectivity index is 2.07. The lowest BCUT2D eigenvalue weighted by Gasteiger charge is -2.25. The smallest absolute Gasteiger partial charge is 0.312 e. The van der Waals surface area contributed by atoms with Crippen LogP contribution in [0.4, 0.5) is 0 Å². The first-order valence-corrected chi connectivity index (χ1v) is 5.92. The highest BCUT2D eigenvalue weighted by molar-refractivity contribution is 5.95. The van der Waals surface area contributed by atoms with Crippen LogP contribution in [0, 0.1) is 0 Å². The SMILES string of the molecule is CON(C)C(=O)c1ccc(C(=O)N2CCOCC2)o1. The van der Waals surface area contributed by atoms with Crippen molar-refractivity contribution in [1.82, 2.24) is 9.96 Å². The van der Waals surface area contributed by atoms with E-state index in [0.29, 0.717) is 26.3 Å². The molecule has 0 radical (unpaired) electrons. The lowest BCUT2D eigenvalue weighted by Crippen LogP contribution is -2.40. The van der Waals surface area contributed by atoms with Gasteiger partial charge in [-0.05, 0) is 12.1 Å². The Morgan fingerprint density at radius 1 is 1.26 bits per heavy atom. The zero-order valence-electron chi connectivity index (χ0n) is 10.9. The van der Waals surface area contributed by atoms with Crippen LogP contribution in [0.5, 0.6) is 0 Å². The van der Waals surface area contributed by atoms with Crippen LogP contribution in [0.15, 0.2) is 16.5 Å². The highest BCUT2D eigenvalue weighted by atomic mass is 16.7. The van der Waals surface area contributed by atoms with Crippen molar-refractivity contribution >= 4 is 11.8 Å². The minimum Gasteiger partial charge on any atom is -0.446 e. The summed E-state index contributed by atoms with van der Waals surface area (Å²) in [5.41, 5.74) is 0. The summed E-state index contributed by atoms with van der Waals surface area (Å²) in [5.74, 6) is -0.457. The lowest BCUT2D eigenvalue weighted by atomic mass is 10.3. The van der Waals surface area contributed by atoms with Crippen LogP contribution in [0.25, 0.3) is 0 Å². The van der Waals surface area contributed by atoms with Crippen molar-refractivity contribution in [3.05, 3.63) is 23.7 Å². The van der Waals surface area contributed by atoms with Gasteiger partial charge in [-0.15, -0.1) is 0 Å². The average molecular weight is 268 g/mol. The molecule has 2 heterocycles. The largest absolute Gasteiger partial charge is 0.446 e. The molecular formula is C12H16N2O5. The first kappa shape index (κ1) is 13.6. The number of hydroxylamine groups is 2. The number of furan rings is 1. The quantitative estimate of drug-likeness (QED) is 0.741. The zero-order valence-corrected chi connectivity index (χ0v) is 10.9. The number of nitrogens with zero attached hydrogens (tertiary/aromatic N) is 2. The van der Waals surface area contributed by atoms with Gasteiger partial charge in [0.2, 0.25) is 0 Å². The Kier molecular flexibility index (Phi) is 4.18. The Hall–Kier alpha value is -1.86. The number of rotatable bonds is 3. The minimum atomic E-state index is -0.441. The van der Waals surface area contributed by atoms with E-state index in [9.17, 15) is 9.59 Å². The van der Waals surface area contributed by atoms with Gasteiger partial charge in [0, 0.05) is 20.1 Å². The molecule has 1 fully saturated rings. The van der Waals surface area contributed by atoms with Gasteiger partial charge in [0.15, 0.2) is 11.5 Å². The molecule has 0 aliphatic carbocycles. The molecule has 0 N–H and O–H groups in total. The molecule has 1 aliphatic rings. The molecule has 2 amide bonds. The second-order valence-corrected chi connectivity index (χ2v) is 4.05. The number of ether oxygens (including phenoxy) is 1. The fourth-order valence-corrected chi connectivity index (χ4v) is 1.73. The first-order valence-electron chi connectivity index (χ1n) is 5.92. The van der Waals surface area contributed by atoms with Gasteiger partial charge in [-0.1, -0.05) is 0 Å². The van der Waals surface area contributed by atoms with Crippen molar-refractivity contribution in [2.45, 2.75) is 0 Å². The van der Waals surface area contributed by atoms with Gasteiger partial charge < -0.3 is 14.1 Å². The molecule has 0 aromatic carbocycles. The molecule has 1 aromatic heterocycles. The fraction of sp³-hybridized carbons (Fsp3) is 0.500. The van der Waals surface area contributed by atoms with Crippen molar-refractivity contribution in [3.63, 3.8) is 0 Å². The summed E-state index contributed by atoms with van der Waals surface area (Å²) >= 11 is 0. The summed E-state index contributed by atoms with van der Waals surface area (Å²) in [7, 11) is 2.84. The summed E-state index contributed by atoms with van der Waals surface area (Å²) in [4.78, 5) is 30.2. The van der Waals surface area contributed by atoms with Gasteiger partial charge in [-0.2, -0.15) is 0 Å². The van der Waals surface area contributed by atoms with Crippen molar-refractivity contribution < 1.29 is 23.6 Å². The van der Waals surface area contributed by atoms with Crippen LogP contribution >= 0.6 is 0 Å². The van der Waals surface area contributed by atoms with Gasteiger partial charge in [0.1, 0.15) is 0 Å². The van der Waals surface area contributed by atoms with Crippen LogP contribution in [0.2, 0.25) is 0 Å². The first-order chi connectivity index (χ1) is 9.13. The predicted octanol–water partition coefficient (Wildman–Crippen LogP) is 0.385. The molecule has 0 spiro atoms. The summed E-state index contributed by atoms with van der Waals surface area (Å²) in [5, 5.41) is 1.03. The van der Waals surface area contributed by atoms with Gasteiger partial charge in [0.25, 0.3) is 5.91 Å². The molecule has 7 nitrogen and oxygen atoms in total. The summed E-state index contributed by atoms with van der Waals surface area (Å²) in [6.45, 7) is 2.09. The second kappa shape index (κ2) is 5.85. The normalized spacial score (nSPS) is 15.4. The van der Waals surface area contributed by atoms with E-state index < -0.39 is 5.91 Å². The molecule has 1 aliphatic heterocycles. The highest BCUT2D eigenvalue weighted by Crippen LogP contribution is 2.13. The minimum absolute atomic E-state index is 0.0703. The molecule has 0 saturated carbocycles. The third kappa shape index (κ3) is 2.94. The number of carbonyl (C=O) groups excluding carboxylic acids is 2. The fourth-order valence-electron chi connectivity index (χ4n) is 1.73. The van der Waals surface area contributed by atoms with Crippen molar-refractivity contribution in [3.8, 4) is 0 Å². The van der Waals surface area contributed by atoms with Crippen LogP contribution < -0.4 is 0 Å². The van der Waals surface area contributed by atoms with Gasteiger partial charge in [0.05, 0.1) is 20.3 Å². The molecule has 19 heavy (non-hydrogen) atoms. The molecule has 1 aromatic rings. The lowest BCUT2D eigenvalue weighted by molar-refractivity contribution is -0.0773. The van der Waals surface area contributed by atoms with Gasteiger partial charge in [-0.25, -0.2) is 5.06 Å². The summed E-state index contributed by atoms with van der Waals surface area (Å²) in [6.07, 6.45) is 0. The van der Waals surface area contributed by atoms with E-state index >= 15 is 0 Å². The molecule has 0 bridgehead atoms. The molecular weight excluding hydrogens is 252 g/mol. The summed E-state index contributed by atoms with van der Waals surface area (Å²) < 4.78 is 10.5. The van der Waals surface area contributed by atoms with E-state index in [1.807, 2.05) is 0 Å². The highest BCUT2D eigenvalue weighted by Gasteiger charge is 2.23. The molecule has 0 unspecified atom stereocenters. The van der Waals surface area contributed by atoms with Crippen LogP contribution in [-0.2, 0) is 9.57 Å². The third-order valence-electron chi connectivity index (χ3n) is 2.89. The summed E-state index contributed by atoms with van der Waals surface area (Å²) in [6, 6.07) is 2.96. The average Bonchev–Trinajstić information content (AvgIpc) is 2.95. The van der Waals surface area contributed by atoms with Crippen LogP contribution in [-0.4, -0.2) is 62.2 Å². The molecule has 104 valence electrons. The molecule has 1 saturated heterocycles.